The Morgan fingerprint density at radius 3 is 2.67 bits per heavy atom. The van der Waals surface area contributed by atoms with E-state index in [-0.39, 0.29) is 0 Å². The number of alkyl halides is 2. The molecule has 21 heavy (non-hydrogen) atoms. The van der Waals surface area contributed by atoms with Crippen LogP contribution in [0, 0.1) is 0 Å². The van der Waals surface area contributed by atoms with Gasteiger partial charge in [0.05, 0.1) is 5.69 Å². The van der Waals surface area contributed by atoms with Crippen molar-refractivity contribution < 1.29 is 4.79 Å². The van der Waals surface area contributed by atoms with Crippen molar-refractivity contribution >= 4 is 56.3 Å². The van der Waals surface area contributed by atoms with Crippen molar-refractivity contribution in [1.29, 1.82) is 0 Å². The number of aromatic nitrogens is 1. The van der Waals surface area contributed by atoms with Crippen LogP contribution in [0.25, 0.3) is 22.0 Å². The van der Waals surface area contributed by atoms with Crippen molar-refractivity contribution in [2.24, 2.45) is 0 Å². The quantitative estimate of drug-likeness (QED) is 0.704. The molecule has 0 bridgehead atoms. The summed E-state index contributed by atoms with van der Waals surface area (Å²) in [5, 5.41) is 7.27. The van der Waals surface area contributed by atoms with Crippen LogP contribution in [-0.2, 0) is 4.79 Å². The minimum absolute atomic E-state index is 0.474. The van der Waals surface area contributed by atoms with E-state index in [1.54, 1.807) is 0 Å². The lowest BCUT2D eigenvalue weighted by Gasteiger charge is -2.02. The Hall–Kier alpha value is -1.62. The maximum Gasteiger partial charge on any atom is 0.259 e. The number of rotatable bonds is 3. The molecule has 0 atom stereocenters. The molecule has 0 unspecified atom stereocenters. The van der Waals surface area contributed by atoms with E-state index in [2.05, 4.69) is 34.6 Å². The highest BCUT2D eigenvalue weighted by Crippen LogP contribution is 2.28. The highest BCUT2D eigenvalue weighted by Gasteiger charge is 2.14. The number of nitrogens with one attached hydrogen (secondary N) is 1. The summed E-state index contributed by atoms with van der Waals surface area (Å²) in [6, 6.07) is 14.3. The van der Waals surface area contributed by atoms with Gasteiger partial charge in [-0.1, -0.05) is 59.6 Å². The number of thiazole rings is 1. The molecule has 0 aliphatic carbocycles. The van der Waals surface area contributed by atoms with Crippen molar-refractivity contribution in [2.45, 2.75) is 4.84 Å². The Morgan fingerprint density at radius 1 is 1.14 bits per heavy atom. The Kier molecular flexibility index (Phi) is 4.10. The smallest absolute Gasteiger partial charge is 0.259 e. The zero-order chi connectivity index (χ0) is 14.8. The highest BCUT2D eigenvalue weighted by molar-refractivity contribution is 7.14. The molecule has 0 saturated heterocycles. The first-order valence-corrected chi connectivity index (χ1v) is 7.92. The topological polar surface area (TPSA) is 42.0 Å². The van der Waals surface area contributed by atoms with Crippen LogP contribution in [0.5, 0.6) is 0 Å². The molecule has 106 valence electrons. The minimum atomic E-state index is -1.10. The van der Waals surface area contributed by atoms with E-state index in [1.807, 2.05) is 23.6 Å². The van der Waals surface area contributed by atoms with Crippen LogP contribution in [0.2, 0.25) is 0 Å². The Balaban J connectivity index is 1.89. The predicted molar refractivity (Wildman–Crippen MR) is 89.2 cm³/mol. The third kappa shape index (κ3) is 3.18. The fraction of sp³-hybridized carbons (Fsp3) is 0.0667. The van der Waals surface area contributed by atoms with Gasteiger partial charge in [0.2, 0.25) is 0 Å². The zero-order valence-corrected chi connectivity index (χ0v) is 13.0. The lowest BCUT2D eigenvalue weighted by molar-refractivity contribution is -0.114. The molecule has 0 fully saturated rings. The number of hydrogen-bond donors (Lipinski definition) is 1. The first-order chi connectivity index (χ1) is 10.1. The molecule has 2 aromatic carbocycles. The number of carbonyl (C=O) groups excluding carboxylic acids is 1. The van der Waals surface area contributed by atoms with E-state index in [9.17, 15) is 4.79 Å². The number of amides is 1. The first kappa shape index (κ1) is 14.3. The van der Waals surface area contributed by atoms with Gasteiger partial charge in [-0.3, -0.25) is 10.1 Å². The van der Waals surface area contributed by atoms with Gasteiger partial charge in [-0.25, -0.2) is 4.98 Å². The van der Waals surface area contributed by atoms with E-state index in [0.29, 0.717) is 5.13 Å². The van der Waals surface area contributed by atoms with E-state index in [1.165, 1.54) is 16.7 Å². The van der Waals surface area contributed by atoms with Crippen LogP contribution in [0.1, 0.15) is 0 Å². The number of carbonyl (C=O) groups is 1. The molecule has 1 heterocycles. The molecule has 6 heteroatoms. The summed E-state index contributed by atoms with van der Waals surface area (Å²) in [4.78, 5) is 14.7. The molecule has 0 aliphatic heterocycles. The summed E-state index contributed by atoms with van der Waals surface area (Å²) in [5.74, 6) is -0.474. The van der Waals surface area contributed by atoms with E-state index in [0.717, 1.165) is 16.6 Å². The molecule has 3 aromatic rings. The van der Waals surface area contributed by atoms with Gasteiger partial charge in [-0.15, -0.1) is 11.3 Å². The van der Waals surface area contributed by atoms with Crippen LogP contribution in [0.3, 0.4) is 0 Å². The number of nitrogens with zero attached hydrogens (tertiary/aromatic N) is 1. The SMILES string of the molecule is O=C(Nc1nc(-c2ccc3ccccc3c2)cs1)C(Cl)Cl. The fourth-order valence-corrected chi connectivity index (χ4v) is 2.80. The van der Waals surface area contributed by atoms with E-state index < -0.39 is 10.7 Å². The van der Waals surface area contributed by atoms with Gasteiger partial charge in [0.15, 0.2) is 9.97 Å². The Bertz CT molecular complexity index is 801. The number of anilines is 1. The fourth-order valence-electron chi connectivity index (χ4n) is 1.97. The second-order valence-electron chi connectivity index (χ2n) is 4.39. The largest absolute Gasteiger partial charge is 0.300 e. The molecule has 0 radical (unpaired) electrons. The summed E-state index contributed by atoms with van der Waals surface area (Å²) in [6.45, 7) is 0. The third-order valence-electron chi connectivity index (χ3n) is 2.98. The van der Waals surface area contributed by atoms with Crippen molar-refractivity contribution in [3.05, 3.63) is 47.8 Å². The lowest BCUT2D eigenvalue weighted by atomic mass is 10.1. The number of hydrogen-bond acceptors (Lipinski definition) is 3. The zero-order valence-electron chi connectivity index (χ0n) is 10.7. The summed E-state index contributed by atoms with van der Waals surface area (Å²) in [7, 11) is 0. The summed E-state index contributed by atoms with van der Waals surface area (Å²) < 4.78 is 0. The van der Waals surface area contributed by atoms with E-state index >= 15 is 0 Å². The van der Waals surface area contributed by atoms with Gasteiger partial charge in [-0.2, -0.15) is 0 Å². The molecule has 3 rings (SSSR count). The van der Waals surface area contributed by atoms with Crippen LogP contribution in [-0.4, -0.2) is 15.7 Å². The van der Waals surface area contributed by atoms with Crippen LogP contribution in [0.4, 0.5) is 5.13 Å². The van der Waals surface area contributed by atoms with Crippen molar-refractivity contribution in [2.75, 3.05) is 5.32 Å². The van der Waals surface area contributed by atoms with Gasteiger partial charge in [0.25, 0.3) is 5.91 Å². The van der Waals surface area contributed by atoms with Crippen LogP contribution in [0.15, 0.2) is 47.8 Å². The molecule has 1 amide bonds. The molecule has 1 aromatic heterocycles. The minimum Gasteiger partial charge on any atom is -0.300 e. The summed E-state index contributed by atoms with van der Waals surface area (Å²) >= 11 is 12.3. The van der Waals surface area contributed by atoms with Gasteiger partial charge < -0.3 is 0 Å². The molecule has 0 spiro atoms. The molecule has 1 N–H and O–H groups in total. The average Bonchev–Trinajstić information content (AvgIpc) is 2.95. The normalized spacial score (nSPS) is 11.0. The van der Waals surface area contributed by atoms with Crippen molar-refractivity contribution in [3.63, 3.8) is 0 Å². The Morgan fingerprint density at radius 2 is 1.90 bits per heavy atom. The standard InChI is InChI=1S/C15H10Cl2N2OS/c16-13(17)14(20)19-15-18-12(8-21-15)11-6-5-9-3-1-2-4-10(9)7-11/h1-8,13H,(H,18,19,20). The average molecular weight is 337 g/mol. The molecule has 0 aliphatic rings. The molecule has 0 saturated carbocycles. The lowest BCUT2D eigenvalue weighted by Crippen LogP contribution is -2.18. The number of fused-ring (bicyclic) bond motifs is 1. The maximum atomic E-state index is 11.4. The number of halogens is 2. The molecular weight excluding hydrogens is 327 g/mol. The first-order valence-electron chi connectivity index (χ1n) is 6.17. The summed E-state index contributed by atoms with van der Waals surface area (Å²) in [5.41, 5.74) is 1.81. The highest BCUT2D eigenvalue weighted by atomic mass is 35.5. The maximum absolute atomic E-state index is 11.4. The second kappa shape index (κ2) is 6.02. The van der Waals surface area contributed by atoms with Crippen molar-refractivity contribution in [1.82, 2.24) is 4.98 Å². The second-order valence-corrected chi connectivity index (χ2v) is 6.34. The third-order valence-corrected chi connectivity index (χ3v) is 4.13. The predicted octanol–water partition coefficient (Wildman–Crippen LogP) is 4.71. The summed E-state index contributed by atoms with van der Waals surface area (Å²) in [6.07, 6.45) is 0. The van der Waals surface area contributed by atoms with Gasteiger partial charge in [-0.05, 0) is 16.8 Å². The van der Waals surface area contributed by atoms with Gasteiger partial charge >= 0.3 is 0 Å². The number of benzene rings is 2. The van der Waals surface area contributed by atoms with E-state index in [4.69, 9.17) is 23.2 Å². The van der Waals surface area contributed by atoms with Gasteiger partial charge in [0.1, 0.15) is 0 Å². The van der Waals surface area contributed by atoms with Crippen LogP contribution >= 0.6 is 34.5 Å². The van der Waals surface area contributed by atoms with Crippen LogP contribution < -0.4 is 5.32 Å². The molecular formula is C15H10Cl2N2OS. The molecule has 3 nitrogen and oxygen atoms in total. The Labute approximate surface area is 135 Å². The monoisotopic (exact) mass is 336 g/mol. The van der Waals surface area contributed by atoms with Crippen molar-refractivity contribution in [3.8, 4) is 11.3 Å². The van der Waals surface area contributed by atoms with Gasteiger partial charge in [0, 0.05) is 10.9 Å².